The number of para-hydroxylation sites is 1. The molecule has 0 unspecified atom stereocenters. The first-order chi connectivity index (χ1) is 15.8. The summed E-state index contributed by atoms with van der Waals surface area (Å²) >= 11 is 6.28. The highest BCUT2D eigenvalue weighted by Crippen LogP contribution is 2.33. The van der Waals surface area contributed by atoms with Gasteiger partial charge in [-0.3, -0.25) is 0 Å². The summed E-state index contributed by atoms with van der Waals surface area (Å²) in [7, 11) is -1.84. The zero-order valence-electron chi connectivity index (χ0n) is 18.2. The van der Waals surface area contributed by atoms with Gasteiger partial charge in [0.25, 0.3) is 0 Å². The predicted molar refractivity (Wildman–Crippen MR) is 129 cm³/mol. The van der Waals surface area contributed by atoms with E-state index in [-0.39, 0.29) is 21.7 Å². The molecular formula is C22H24ClN5O4S. The Bertz CT molecular complexity index is 1250. The van der Waals surface area contributed by atoms with E-state index in [0.29, 0.717) is 30.3 Å². The fourth-order valence-corrected chi connectivity index (χ4v) is 4.44. The second kappa shape index (κ2) is 9.82. The van der Waals surface area contributed by atoms with Crippen LogP contribution in [0.4, 0.5) is 28.8 Å². The largest absolute Gasteiger partial charge is 0.494 e. The molecule has 0 atom stereocenters. The number of hydrogen-bond acceptors (Lipinski definition) is 9. The van der Waals surface area contributed by atoms with Crippen LogP contribution in [0.3, 0.4) is 0 Å². The number of hydrogen-bond donors (Lipinski definition) is 2. The van der Waals surface area contributed by atoms with Gasteiger partial charge in [0.2, 0.25) is 5.95 Å². The molecule has 1 saturated heterocycles. The van der Waals surface area contributed by atoms with Gasteiger partial charge in [-0.2, -0.15) is 4.98 Å². The molecule has 0 aliphatic carbocycles. The maximum Gasteiger partial charge on any atom is 0.229 e. The van der Waals surface area contributed by atoms with Crippen molar-refractivity contribution in [3.63, 3.8) is 0 Å². The summed E-state index contributed by atoms with van der Waals surface area (Å²) in [5.74, 6) is 1.18. The second-order valence-corrected chi connectivity index (χ2v) is 9.78. The van der Waals surface area contributed by atoms with Gasteiger partial charge in [-0.1, -0.05) is 23.7 Å². The normalized spacial score (nSPS) is 14.1. The van der Waals surface area contributed by atoms with Gasteiger partial charge >= 0.3 is 0 Å². The summed E-state index contributed by atoms with van der Waals surface area (Å²) < 4.78 is 35.2. The molecule has 33 heavy (non-hydrogen) atoms. The molecule has 3 aromatic rings. The number of sulfone groups is 1. The molecule has 174 valence electrons. The number of ether oxygens (including phenoxy) is 2. The van der Waals surface area contributed by atoms with E-state index in [1.807, 2.05) is 18.2 Å². The molecule has 0 radical (unpaired) electrons. The highest BCUT2D eigenvalue weighted by Gasteiger charge is 2.17. The fraction of sp³-hybridized carbons (Fsp3) is 0.273. The predicted octanol–water partition coefficient (Wildman–Crippen LogP) is 3.87. The molecule has 1 aromatic heterocycles. The maximum atomic E-state index is 12.1. The Labute approximate surface area is 197 Å². The van der Waals surface area contributed by atoms with Crippen LogP contribution in [0, 0.1) is 0 Å². The summed E-state index contributed by atoms with van der Waals surface area (Å²) in [6, 6.07) is 12.4. The molecule has 0 saturated carbocycles. The van der Waals surface area contributed by atoms with Crippen molar-refractivity contribution < 1.29 is 17.9 Å². The van der Waals surface area contributed by atoms with Crippen molar-refractivity contribution in [1.29, 1.82) is 0 Å². The number of rotatable bonds is 7. The van der Waals surface area contributed by atoms with Crippen LogP contribution in [-0.2, 0) is 14.6 Å². The van der Waals surface area contributed by atoms with Gasteiger partial charge in [0.15, 0.2) is 15.7 Å². The molecule has 4 rings (SSSR count). The molecule has 0 bridgehead atoms. The van der Waals surface area contributed by atoms with Crippen molar-refractivity contribution in [2.75, 3.05) is 55.2 Å². The quantitative estimate of drug-likeness (QED) is 0.511. The van der Waals surface area contributed by atoms with Gasteiger partial charge in [0, 0.05) is 31.1 Å². The van der Waals surface area contributed by atoms with Gasteiger partial charge in [-0.15, -0.1) is 0 Å². The molecule has 11 heteroatoms. The lowest BCUT2D eigenvalue weighted by atomic mass is 10.2. The minimum atomic E-state index is -3.44. The van der Waals surface area contributed by atoms with Crippen molar-refractivity contribution in [3.05, 3.63) is 53.7 Å². The summed E-state index contributed by atoms with van der Waals surface area (Å²) in [6.07, 6.45) is 2.59. The van der Waals surface area contributed by atoms with Crippen LogP contribution in [-0.4, -0.2) is 58.1 Å². The Balaban J connectivity index is 1.59. The first-order valence-corrected chi connectivity index (χ1v) is 12.5. The van der Waals surface area contributed by atoms with E-state index in [9.17, 15) is 8.42 Å². The molecular weight excluding hydrogens is 466 g/mol. The lowest BCUT2D eigenvalue weighted by Crippen LogP contribution is -2.36. The van der Waals surface area contributed by atoms with Crippen LogP contribution in [0.15, 0.2) is 53.6 Å². The third kappa shape index (κ3) is 5.47. The third-order valence-electron chi connectivity index (χ3n) is 5.09. The van der Waals surface area contributed by atoms with Gasteiger partial charge < -0.3 is 25.0 Å². The van der Waals surface area contributed by atoms with Crippen LogP contribution in [0.25, 0.3) is 0 Å². The first-order valence-electron chi connectivity index (χ1n) is 10.2. The molecule has 1 aliphatic heterocycles. The van der Waals surface area contributed by atoms with Crippen LogP contribution in [0.1, 0.15) is 0 Å². The SMILES string of the molecule is COc1cc(N2CCOCC2)ccc1Nc1ncc(Cl)c(Nc2ccccc2S(C)(=O)=O)n1. The Hall–Kier alpha value is -3.08. The van der Waals surface area contributed by atoms with E-state index in [2.05, 4.69) is 25.5 Å². The van der Waals surface area contributed by atoms with E-state index in [1.54, 1.807) is 25.3 Å². The molecule has 0 spiro atoms. The molecule has 1 fully saturated rings. The fourth-order valence-electron chi connectivity index (χ4n) is 3.46. The number of nitrogens with zero attached hydrogens (tertiary/aromatic N) is 3. The summed E-state index contributed by atoms with van der Waals surface area (Å²) in [5, 5.41) is 6.40. The average Bonchev–Trinajstić information content (AvgIpc) is 2.81. The van der Waals surface area contributed by atoms with Gasteiger partial charge in [-0.25, -0.2) is 13.4 Å². The monoisotopic (exact) mass is 489 g/mol. The summed E-state index contributed by atoms with van der Waals surface area (Å²) in [5.41, 5.74) is 2.09. The summed E-state index contributed by atoms with van der Waals surface area (Å²) in [4.78, 5) is 11.1. The van der Waals surface area contributed by atoms with E-state index in [0.717, 1.165) is 25.0 Å². The average molecular weight is 490 g/mol. The minimum absolute atomic E-state index is 0.148. The third-order valence-corrected chi connectivity index (χ3v) is 6.52. The first kappa shape index (κ1) is 23.1. The molecule has 2 aromatic carbocycles. The van der Waals surface area contributed by atoms with Gasteiger partial charge in [0.05, 0.1) is 42.8 Å². The zero-order chi connectivity index (χ0) is 23.4. The number of morpholine rings is 1. The Kier molecular flexibility index (Phi) is 6.87. The van der Waals surface area contributed by atoms with Crippen LogP contribution < -0.4 is 20.3 Å². The lowest BCUT2D eigenvalue weighted by molar-refractivity contribution is 0.122. The molecule has 1 aliphatic rings. The van der Waals surface area contributed by atoms with Crippen LogP contribution in [0.5, 0.6) is 5.75 Å². The van der Waals surface area contributed by atoms with Crippen molar-refractivity contribution in [2.24, 2.45) is 0 Å². The van der Waals surface area contributed by atoms with Crippen LogP contribution in [0.2, 0.25) is 5.02 Å². The van der Waals surface area contributed by atoms with E-state index in [4.69, 9.17) is 21.1 Å². The van der Waals surface area contributed by atoms with E-state index < -0.39 is 9.84 Å². The number of benzene rings is 2. The van der Waals surface area contributed by atoms with Crippen molar-refractivity contribution >= 4 is 50.3 Å². The van der Waals surface area contributed by atoms with Gasteiger partial charge in [-0.05, 0) is 24.3 Å². The number of methoxy groups -OCH3 is 1. The second-order valence-electron chi connectivity index (χ2n) is 7.39. The van der Waals surface area contributed by atoms with E-state index in [1.165, 1.54) is 12.3 Å². The molecule has 0 amide bonds. The molecule has 2 N–H and O–H groups in total. The number of nitrogens with one attached hydrogen (secondary N) is 2. The highest BCUT2D eigenvalue weighted by atomic mass is 35.5. The van der Waals surface area contributed by atoms with Crippen molar-refractivity contribution in [1.82, 2.24) is 9.97 Å². The Morgan fingerprint density at radius 1 is 1.09 bits per heavy atom. The summed E-state index contributed by atoms with van der Waals surface area (Å²) in [6.45, 7) is 3.03. The van der Waals surface area contributed by atoms with Crippen molar-refractivity contribution in [2.45, 2.75) is 4.90 Å². The lowest BCUT2D eigenvalue weighted by Gasteiger charge is -2.29. The highest BCUT2D eigenvalue weighted by molar-refractivity contribution is 7.90. The Morgan fingerprint density at radius 2 is 1.85 bits per heavy atom. The topological polar surface area (TPSA) is 106 Å². The maximum absolute atomic E-state index is 12.1. The minimum Gasteiger partial charge on any atom is -0.494 e. The van der Waals surface area contributed by atoms with E-state index >= 15 is 0 Å². The van der Waals surface area contributed by atoms with Gasteiger partial charge in [0.1, 0.15) is 10.8 Å². The number of anilines is 5. The van der Waals surface area contributed by atoms with Crippen LogP contribution >= 0.6 is 11.6 Å². The number of halogens is 1. The molecule has 2 heterocycles. The standard InChI is InChI=1S/C22H24ClN5O4S/c1-31-19-13-15(28-9-11-32-12-10-28)7-8-17(19)26-22-24-14-16(23)21(27-22)25-18-5-3-4-6-20(18)33(2,29)30/h3-8,13-14H,9-12H2,1-2H3,(H2,24,25,26,27). The van der Waals surface area contributed by atoms with Crippen molar-refractivity contribution in [3.8, 4) is 5.75 Å². The molecule has 9 nitrogen and oxygen atoms in total. The Morgan fingerprint density at radius 3 is 2.58 bits per heavy atom. The zero-order valence-corrected chi connectivity index (χ0v) is 19.8. The number of aromatic nitrogens is 2. The smallest absolute Gasteiger partial charge is 0.229 e.